The van der Waals surface area contributed by atoms with Gasteiger partial charge < -0.3 is 10.2 Å². The van der Waals surface area contributed by atoms with Crippen molar-refractivity contribution in [3.8, 4) is 5.75 Å². The monoisotopic (exact) mass is 219 g/mol. The molecule has 14 heavy (non-hydrogen) atoms. The highest BCUT2D eigenvalue weighted by atomic mass is 35.5. The first-order valence-corrected chi connectivity index (χ1v) is 3.48. The number of rotatable bonds is 3. The summed E-state index contributed by atoms with van der Waals surface area (Å²) >= 11 is 0. The molecule has 0 radical (unpaired) electrons. The van der Waals surface area contributed by atoms with Crippen molar-refractivity contribution >= 4 is 23.8 Å². The molecule has 7 heteroatoms. The van der Waals surface area contributed by atoms with Crippen LogP contribution in [0.4, 0.5) is 11.4 Å². The third kappa shape index (κ3) is 2.48. The Morgan fingerprint density at radius 2 is 2.21 bits per heavy atom. The Morgan fingerprint density at radius 1 is 1.57 bits per heavy atom. The molecule has 0 saturated heterocycles. The van der Waals surface area contributed by atoms with Gasteiger partial charge in [0, 0.05) is 0 Å². The molecule has 0 amide bonds. The molecule has 0 fully saturated rings. The molecule has 0 heterocycles. The first-order valence-electron chi connectivity index (χ1n) is 3.48. The molecular formula is C7H10ClN3O3. The fourth-order valence-corrected chi connectivity index (χ4v) is 0.912. The molecule has 0 aliphatic rings. The van der Waals surface area contributed by atoms with E-state index < -0.39 is 4.92 Å². The zero-order valence-electron chi connectivity index (χ0n) is 7.39. The van der Waals surface area contributed by atoms with Gasteiger partial charge in [-0.1, -0.05) is 0 Å². The maximum atomic E-state index is 10.5. The van der Waals surface area contributed by atoms with Crippen molar-refractivity contribution < 1.29 is 9.66 Å². The molecule has 1 aromatic rings. The molecule has 0 atom stereocenters. The van der Waals surface area contributed by atoms with Gasteiger partial charge in [0.1, 0.15) is 11.4 Å². The minimum atomic E-state index is -0.530. The van der Waals surface area contributed by atoms with Gasteiger partial charge in [0.05, 0.1) is 18.1 Å². The van der Waals surface area contributed by atoms with Crippen molar-refractivity contribution in [1.82, 2.24) is 0 Å². The number of anilines is 1. The van der Waals surface area contributed by atoms with Crippen LogP contribution in [0.15, 0.2) is 18.2 Å². The third-order valence-corrected chi connectivity index (χ3v) is 1.56. The van der Waals surface area contributed by atoms with Crippen LogP contribution in [0, 0.1) is 10.1 Å². The van der Waals surface area contributed by atoms with Crippen molar-refractivity contribution in [2.75, 3.05) is 12.5 Å². The van der Waals surface area contributed by atoms with E-state index in [2.05, 4.69) is 5.43 Å². The zero-order chi connectivity index (χ0) is 9.84. The summed E-state index contributed by atoms with van der Waals surface area (Å²) in [5.74, 6) is 5.51. The quantitative estimate of drug-likeness (QED) is 0.454. The Hall–Kier alpha value is -1.53. The molecule has 0 saturated carbocycles. The lowest BCUT2D eigenvalue weighted by Gasteiger charge is -2.03. The lowest BCUT2D eigenvalue weighted by atomic mass is 10.2. The zero-order valence-corrected chi connectivity index (χ0v) is 8.21. The second-order valence-electron chi connectivity index (χ2n) is 2.28. The van der Waals surface area contributed by atoms with E-state index in [0.29, 0.717) is 5.75 Å². The van der Waals surface area contributed by atoms with Gasteiger partial charge in [-0.3, -0.25) is 16.0 Å². The molecule has 6 nitrogen and oxygen atoms in total. The largest absolute Gasteiger partial charge is 0.496 e. The number of nitrogens with one attached hydrogen (secondary N) is 1. The van der Waals surface area contributed by atoms with Crippen molar-refractivity contribution in [3.63, 3.8) is 0 Å². The third-order valence-electron chi connectivity index (χ3n) is 1.56. The molecule has 0 aromatic heterocycles. The normalized spacial score (nSPS) is 8.71. The predicted molar refractivity (Wildman–Crippen MR) is 54.7 cm³/mol. The number of hydrogen-bond donors (Lipinski definition) is 2. The van der Waals surface area contributed by atoms with E-state index in [1.165, 1.54) is 19.2 Å². The van der Waals surface area contributed by atoms with E-state index in [9.17, 15) is 10.1 Å². The van der Waals surface area contributed by atoms with Gasteiger partial charge in [-0.25, -0.2) is 0 Å². The van der Waals surface area contributed by atoms with Crippen LogP contribution < -0.4 is 16.0 Å². The van der Waals surface area contributed by atoms with E-state index in [0.717, 1.165) is 0 Å². The summed E-state index contributed by atoms with van der Waals surface area (Å²) in [4.78, 5) is 9.97. The predicted octanol–water partition coefficient (Wildman–Crippen LogP) is 1.31. The van der Waals surface area contributed by atoms with Crippen LogP contribution in [-0.4, -0.2) is 12.0 Å². The first kappa shape index (κ1) is 12.5. The van der Waals surface area contributed by atoms with Gasteiger partial charge in [-0.2, -0.15) is 0 Å². The van der Waals surface area contributed by atoms with Crippen LogP contribution in [0.1, 0.15) is 0 Å². The Kier molecular flexibility index (Phi) is 4.68. The molecule has 0 spiro atoms. The van der Waals surface area contributed by atoms with Crippen molar-refractivity contribution in [3.05, 3.63) is 28.3 Å². The second kappa shape index (κ2) is 5.25. The van der Waals surface area contributed by atoms with Crippen LogP contribution in [0.2, 0.25) is 0 Å². The number of nitrogens with two attached hydrogens (primary N) is 1. The lowest BCUT2D eigenvalue weighted by molar-refractivity contribution is -0.384. The Morgan fingerprint density at radius 3 is 2.64 bits per heavy atom. The molecule has 0 unspecified atom stereocenters. The van der Waals surface area contributed by atoms with E-state index in [1.807, 2.05) is 0 Å². The number of ether oxygens (including phenoxy) is 1. The highest BCUT2D eigenvalue weighted by Gasteiger charge is 2.13. The van der Waals surface area contributed by atoms with E-state index >= 15 is 0 Å². The van der Waals surface area contributed by atoms with Gasteiger partial charge in [-0.05, 0) is 12.1 Å². The number of benzene rings is 1. The summed E-state index contributed by atoms with van der Waals surface area (Å²) in [6.07, 6.45) is 0. The average molecular weight is 220 g/mol. The fourth-order valence-electron chi connectivity index (χ4n) is 0.912. The van der Waals surface area contributed by atoms with Crippen molar-refractivity contribution in [1.29, 1.82) is 0 Å². The van der Waals surface area contributed by atoms with E-state index in [-0.39, 0.29) is 23.8 Å². The standard InChI is InChI=1S/C7H9N3O3.ClH/c1-13-5-2-3-6(9-8)7(4-5)10(11)12;/h2-4,9H,8H2,1H3;1H. The molecule has 0 aliphatic carbocycles. The SMILES string of the molecule is COc1ccc(NN)c([N+](=O)[O-])c1.Cl. The summed E-state index contributed by atoms with van der Waals surface area (Å²) < 4.78 is 4.83. The maximum Gasteiger partial charge on any atom is 0.297 e. The highest BCUT2D eigenvalue weighted by molar-refractivity contribution is 5.85. The summed E-state index contributed by atoms with van der Waals surface area (Å²) in [6.45, 7) is 0. The van der Waals surface area contributed by atoms with Gasteiger partial charge in [-0.15, -0.1) is 12.4 Å². The minimum absolute atomic E-state index is 0. The number of nitrogen functional groups attached to an aromatic ring is 1. The molecule has 1 aromatic carbocycles. The van der Waals surface area contributed by atoms with Gasteiger partial charge >= 0.3 is 0 Å². The number of nitrogens with zero attached hydrogens (tertiary/aromatic N) is 1. The Balaban J connectivity index is 0.00000169. The Bertz CT molecular complexity index is 332. The average Bonchev–Trinajstić information content (AvgIpc) is 2.16. The molecule has 0 bridgehead atoms. The van der Waals surface area contributed by atoms with Crippen LogP contribution in [0.5, 0.6) is 5.75 Å². The van der Waals surface area contributed by atoms with E-state index in [1.54, 1.807) is 6.07 Å². The number of halogens is 1. The maximum absolute atomic E-state index is 10.5. The molecule has 3 N–H and O–H groups in total. The van der Waals surface area contributed by atoms with Crippen molar-refractivity contribution in [2.24, 2.45) is 5.84 Å². The fraction of sp³-hybridized carbons (Fsp3) is 0.143. The number of hydrazine groups is 1. The van der Waals surface area contributed by atoms with Crippen LogP contribution in [0.3, 0.4) is 0 Å². The summed E-state index contributed by atoms with van der Waals surface area (Å²) in [5, 5.41) is 10.5. The number of methoxy groups -OCH3 is 1. The Labute approximate surface area is 86.6 Å². The lowest BCUT2D eigenvalue weighted by Crippen LogP contribution is -2.08. The van der Waals surface area contributed by atoms with Gasteiger partial charge in [0.2, 0.25) is 0 Å². The molecular weight excluding hydrogens is 210 g/mol. The van der Waals surface area contributed by atoms with Gasteiger partial charge in [0.25, 0.3) is 5.69 Å². The van der Waals surface area contributed by atoms with Gasteiger partial charge in [0.15, 0.2) is 0 Å². The second-order valence-corrected chi connectivity index (χ2v) is 2.28. The highest BCUT2D eigenvalue weighted by Crippen LogP contribution is 2.27. The van der Waals surface area contributed by atoms with E-state index in [4.69, 9.17) is 10.6 Å². The summed E-state index contributed by atoms with van der Waals surface area (Å²) in [6, 6.07) is 4.37. The topological polar surface area (TPSA) is 90.4 Å². The number of nitro groups is 1. The van der Waals surface area contributed by atoms with Crippen molar-refractivity contribution in [2.45, 2.75) is 0 Å². The summed E-state index contributed by atoms with van der Waals surface area (Å²) in [7, 11) is 1.44. The molecule has 78 valence electrons. The first-order chi connectivity index (χ1) is 6.19. The minimum Gasteiger partial charge on any atom is -0.496 e. The summed E-state index contributed by atoms with van der Waals surface area (Å²) in [5.41, 5.74) is 2.38. The van der Waals surface area contributed by atoms with Crippen LogP contribution in [-0.2, 0) is 0 Å². The molecule has 0 aliphatic heterocycles. The molecule has 1 rings (SSSR count). The smallest absolute Gasteiger partial charge is 0.297 e. The number of hydrogen-bond acceptors (Lipinski definition) is 5. The van der Waals surface area contributed by atoms with Crippen LogP contribution >= 0.6 is 12.4 Å². The van der Waals surface area contributed by atoms with Crippen LogP contribution in [0.25, 0.3) is 0 Å². The number of nitro benzene ring substituents is 1.